The predicted octanol–water partition coefficient (Wildman–Crippen LogP) is 2.75. The predicted molar refractivity (Wildman–Crippen MR) is 102 cm³/mol. The Balaban J connectivity index is 1.72. The highest BCUT2D eigenvalue weighted by molar-refractivity contribution is 7.89. The van der Waals surface area contributed by atoms with Crippen molar-refractivity contribution in [2.24, 2.45) is 0 Å². The van der Waals surface area contributed by atoms with Crippen molar-refractivity contribution in [3.8, 4) is 0 Å². The van der Waals surface area contributed by atoms with Gasteiger partial charge in [-0.25, -0.2) is 13.1 Å². The summed E-state index contributed by atoms with van der Waals surface area (Å²) in [4.78, 5) is 14.6. The van der Waals surface area contributed by atoms with E-state index in [4.69, 9.17) is 0 Å². The van der Waals surface area contributed by atoms with Gasteiger partial charge in [0.2, 0.25) is 10.0 Å². The second-order valence-electron chi connectivity index (χ2n) is 6.61. The minimum atomic E-state index is -3.65. The monoisotopic (exact) mass is 372 g/mol. The third kappa shape index (κ3) is 4.31. The van der Waals surface area contributed by atoms with Crippen LogP contribution in [0, 0.1) is 6.92 Å². The van der Waals surface area contributed by atoms with Gasteiger partial charge in [0.1, 0.15) is 0 Å². The molecular weight excluding hydrogens is 348 g/mol. The van der Waals surface area contributed by atoms with Gasteiger partial charge in [0.25, 0.3) is 5.91 Å². The van der Waals surface area contributed by atoms with Crippen LogP contribution >= 0.6 is 0 Å². The number of rotatable bonds is 6. The van der Waals surface area contributed by atoms with E-state index in [9.17, 15) is 13.2 Å². The zero-order valence-electron chi connectivity index (χ0n) is 14.9. The van der Waals surface area contributed by atoms with Crippen molar-refractivity contribution in [3.63, 3.8) is 0 Å². The molecule has 1 fully saturated rings. The highest BCUT2D eigenvalue weighted by atomic mass is 32.2. The van der Waals surface area contributed by atoms with Crippen molar-refractivity contribution in [3.05, 3.63) is 65.2 Å². The van der Waals surface area contributed by atoms with Crippen LogP contribution in [0.5, 0.6) is 0 Å². The summed E-state index contributed by atoms with van der Waals surface area (Å²) >= 11 is 0. The van der Waals surface area contributed by atoms with Crippen molar-refractivity contribution in [1.82, 2.24) is 9.62 Å². The second-order valence-corrected chi connectivity index (χ2v) is 8.38. The molecular formula is C20H24N2O3S. The number of benzene rings is 2. The average molecular weight is 372 g/mol. The van der Waals surface area contributed by atoms with Crippen molar-refractivity contribution in [2.75, 3.05) is 19.6 Å². The van der Waals surface area contributed by atoms with Gasteiger partial charge >= 0.3 is 0 Å². The molecule has 1 aliphatic rings. The number of sulfonamides is 1. The lowest BCUT2D eigenvalue weighted by molar-refractivity contribution is 0.0792. The molecule has 6 heteroatoms. The Morgan fingerprint density at radius 1 is 1.08 bits per heavy atom. The number of nitrogens with zero attached hydrogens (tertiary/aromatic N) is 1. The molecule has 26 heavy (non-hydrogen) atoms. The van der Waals surface area contributed by atoms with Crippen LogP contribution in [0.1, 0.15) is 34.3 Å². The van der Waals surface area contributed by atoms with Crippen molar-refractivity contribution >= 4 is 15.9 Å². The van der Waals surface area contributed by atoms with Crippen molar-refractivity contribution < 1.29 is 13.2 Å². The molecule has 0 bridgehead atoms. The van der Waals surface area contributed by atoms with E-state index in [0.29, 0.717) is 18.5 Å². The molecule has 0 aliphatic carbocycles. The van der Waals surface area contributed by atoms with Gasteiger partial charge in [0.05, 0.1) is 4.90 Å². The molecule has 1 heterocycles. The molecule has 1 N–H and O–H groups in total. The number of likely N-dealkylation sites (tertiary alicyclic amines) is 1. The zero-order chi connectivity index (χ0) is 18.6. The van der Waals surface area contributed by atoms with Crippen LogP contribution in [-0.4, -0.2) is 38.9 Å². The summed E-state index contributed by atoms with van der Waals surface area (Å²) in [7, 11) is -3.65. The normalized spacial score (nSPS) is 14.6. The van der Waals surface area contributed by atoms with Gasteiger partial charge in [0.15, 0.2) is 0 Å². The second kappa shape index (κ2) is 8.01. The molecule has 1 amide bonds. The standard InChI is InChI=1S/C20H24N2O3S/c1-16-9-10-18(15-19(16)20(23)22-13-5-6-14-22)26(24,25)21-12-11-17-7-3-2-4-8-17/h2-4,7-10,15,21H,5-6,11-14H2,1H3. The number of nitrogens with one attached hydrogen (secondary N) is 1. The van der Waals surface area contributed by atoms with Crippen molar-refractivity contribution in [2.45, 2.75) is 31.1 Å². The van der Waals surface area contributed by atoms with E-state index in [1.54, 1.807) is 17.0 Å². The molecule has 0 saturated carbocycles. The third-order valence-electron chi connectivity index (χ3n) is 4.69. The van der Waals surface area contributed by atoms with E-state index in [1.807, 2.05) is 37.3 Å². The van der Waals surface area contributed by atoms with Crippen molar-refractivity contribution in [1.29, 1.82) is 0 Å². The zero-order valence-corrected chi connectivity index (χ0v) is 15.8. The SMILES string of the molecule is Cc1ccc(S(=O)(=O)NCCc2ccccc2)cc1C(=O)N1CCCC1. The quantitative estimate of drug-likeness (QED) is 0.848. The first kappa shape index (κ1) is 18.6. The van der Waals surface area contributed by atoms with E-state index in [0.717, 1.165) is 37.1 Å². The Bertz CT molecular complexity index is 873. The lowest BCUT2D eigenvalue weighted by Crippen LogP contribution is -2.29. The van der Waals surface area contributed by atoms with E-state index in [2.05, 4.69) is 4.72 Å². The topological polar surface area (TPSA) is 66.5 Å². The van der Waals surface area contributed by atoms with E-state index >= 15 is 0 Å². The van der Waals surface area contributed by atoms with Gasteiger partial charge in [-0.1, -0.05) is 36.4 Å². The van der Waals surface area contributed by atoms with E-state index in [1.165, 1.54) is 6.07 Å². The molecule has 0 aromatic heterocycles. The first-order chi connectivity index (χ1) is 12.5. The highest BCUT2D eigenvalue weighted by Gasteiger charge is 2.23. The maximum atomic E-state index is 12.7. The third-order valence-corrected chi connectivity index (χ3v) is 6.15. The van der Waals surface area contributed by atoms with Gasteiger partial charge in [-0.3, -0.25) is 4.79 Å². The minimum absolute atomic E-state index is 0.0821. The summed E-state index contributed by atoms with van der Waals surface area (Å²) in [5.74, 6) is -0.0821. The number of hydrogen-bond acceptors (Lipinski definition) is 3. The van der Waals surface area contributed by atoms with Crippen LogP contribution in [0.15, 0.2) is 53.4 Å². The van der Waals surface area contributed by atoms with Crippen LogP contribution in [0.3, 0.4) is 0 Å². The number of carbonyl (C=O) groups excluding carboxylic acids is 1. The van der Waals surface area contributed by atoms with Gasteiger partial charge in [-0.15, -0.1) is 0 Å². The maximum absolute atomic E-state index is 12.7. The van der Waals surface area contributed by atoms with E-state index < -0.39 is 10.0 Å². The summed E-state index contributed by atoms with van der Waals surface area (Å²) in [6, 6.07) is 14.5. The van der Waals surface area contributed by atoms with Crippen LogP contribution in [-0.2, 0) is 16.4 Å². The molecule has 3 rings (SSSR count). The summed E-state index contributed by atoms with van der Waals surface area (Å²) in [5, 5.41) is 0. The molecule has 2 aromatic rings. The van der Waals surface area contributed by atoms with Crippen LogP contribution < -0.4 is 4.72 Å². The molecule has 0 spiro atoms. The van der Waals surface area contributed by atoms with Crippen LogP contribution in [0.4, 0.5) is 0 Å². The molecule has 0 unspecified atom stereocenters. The summed E-state index contributed by atoms with van der Waals surface area (Å²) < 4.78 is 27.8. The molecule has 0 atom stereocenters. The maximum Gasteiger partial charge on any atom is 0.254 e. The smallest absolute Gasteiger partial charge is 0.254 e. The van der Waals surface area contributed by atoms with Gasteiger partial charge in [0, 0.05) is 25.2 Å². The fourth-order valence-electron chi connectivity index (χ4n) is 3.15. The highest BCUT2D eigenvalue weighted by Crippen LogP contribution is 2.20. The lowest BCUT2D eigenvalue weighted by Gasteiger charge is -2.17. The van der Waals surface area contributed by atoms with Gasteiger partial charge in [-0.05, 0) is 49.4 Å². The van der Waals surface area contributed by atoms with E-state index in [-0.39, 0.29) is 10.8 Å². The molecule has 2 aromatic carbocycles. The van der Waals surface area contributed by atoms with Crippen LogP contribution in [0.25, 0.3) is 0 Å². The first-order valence-corrected chi connectivity index (χ1v) is 10.4. The van der Waals surface area contributed by atoms with Gasteiger partial charge < -0.3 is 4.90 Å². The Kier molecular flexibility index (Phi) is 5.74. The fourth-order valence-corrected chi connectivity index (χ4v) is 4.20. The molecule has 1 saturated heterocycles. The number of hydrogen-bond donors (Lipinski definition) is 1. The number of amides is 1. The average Bonchev–Trinajstić information content (AvgIpc) is 3.17. The van der Waals surface area contributed by atoms with Crippen LogP contribution in [0.2, 0.25) is 0 Å². The molecule has 138 valence electrons. The minimum Gasteiger partial charge on any atom is -0.339 e. The summed E-state index contributed by atoms with van der Waals surface area (Å²) in [5.41, 5.74) is 2.34. The Labute approximate surface area is 155 Å². The Morgan fingerprint density at radius 3 is 2.46 bits per heavy atom. The fraction of sp³-hybridized carbons (Fsp3) is 0.350. The Morgan fingerprint density at radius 2 is 1.77 bits per heavy atom. The first-order valence-electron chi connectivity index (χ1n) is 8.91. The number of aryl methyl sites for hydroxylation is 1. The number of carbonyl (C=O) groups is 1. The summed E-state index contributed by atoms with van der Waals surface area (Å²) in [6.07, 6.45) is 2.62. The summed E-state index contributed by atoms with van der Waals surface area (Å²) in [6.45, 7) is 3.63. The molecule has 5 nitrogen and oxygen atoms in total. The largest absolute Gasteiger partial charge is 0.339 e. The lowest BCUT2D eigenvalue weighted by atomic mass is 10.1. The molecule has 0 radical (unpaired) electrons. The molecule has 1 aliphatic heterocycles. The Hall–Kier alpha value is -2.18. The van der Waals surface area contributed by atoms with Gasteiger partial charge in [-0.2, -0.15) is 0 Å².